The lowest BCUT2D eigenvalue weighted by Crippen LogP contribution is -2.44. The van der Waals surface area contributed by atoms with E-state index in [1.54, 1.807) is 18.2 Å². The lowest BCUT2D eigenvalue weighted by Gasteiger charge is -2.36. The van der Waals surface area contributed by atoms with E-state index in [0.717, 1.165) is 67.8 Å². The lowest BCUT2D eigenvalue weighted by molar-refractivity contribution is -0.0540. The van der Waals surface area contributed by atoms with Crippen LogP contribution >= 0.6 is 22.6 Å². The first-order valence-corrected chi connectivity index (χ1v) is 19.0. The third kappa shape index (κ3) is 9.58. The smallest absolute Gasteiger partial charge is 0.465 e. The van der Waals surface area contributed by atoms with Crippen LogP contribution in [-0.4, -0.2) is 90.8 Å². The number of aromatic amines is 2. The van der Waals surface area contributed by atoms with E-state index in [1.165, 1.54) is 14.2 Å². The number of methoxy groups -OCH3 is 2. The molecule has 3 aliphatic heterocycles. The fourth-order valence-electron chi connectivity index (χ4n) is 6.05. The van der Waals surface area contributed by atoms with Crippen LogP contribution in [0.2, 0.25) is 0 Å². The summed E-state index contributed by atoms with van der Waals surface area (Å²) < 4.78 is 33.2. The molecule has 5 heterocycles. The summed E-state index contributed by atoms with van der Waals surface area (Å²) >= 11 is 2.24. The van der Waals surface area contributed by atoms with Crippen molar-refractivity contribution in [1.82, 2.24) is 19.9 Å². The largest absolute Gasteiger partial charge is 0.495 e. The molecular weight excluding hydrogens is 826 g/mol. The zero-order valence-corrected chi connectivity index (χ0v) is 35.6. The number of hydrogen-bond donors (Lipinski definition) is 2. The van der Waals surface area contributed by atoms with Gasteiger partial charge in [0.2, 0.25) is 0 Å². The second kappa shape index (κ2) is 17.9. The van der Waals surface area contributed by atoms with Gasteiger partial charge in [0.25, 0.3) is 0 Å². The van der Waals surface area contributed by atoms with Crippen LogP contribution in [0.5, 0.6) is 0 Å². The van der Waals surface area contributed by atoms with E-state index in [1.807, 2.05) is 73.6 Å². The number of benzene rings is 2. The van der Waals surface area contributed by atoms with E-state index in [2.05, 4.69) is 51.4 Å². The van der Waals surface area contributed by atoms with Gasteiger partial charge in [0.1, 0.15) is 15.3 Å². The molecule has 3 fully saturated rings. The molecule has 3 saturated heterocycles. The second-order valence-electron chi connectivity index (χ2n) is 15.8. The van der Waals surface area contributed by atoms with Crippen LogP contribution in [0, 0.1) is 31.4 Å². The summed E-state index contributed by atoms with van der Waals surface area (Å²) in [6, 6.07) is 10.9. The van der Waals surface area contributed by atoms with Crippen molar-refractivity contribution in [3.63, 3.8) is 0 Å². The molecule has 14 heteroatoms. The van der Waals surface area contributed by atoms with Crippen molar-refractivity contribution in [3.05, 3.63) is 85.4 Å². The zero-order chi connectivity index (χ0) is 39.8. The van der Waals surface area contributed by atoms with E-state index in [4.69, 9.17) is 33.2 Å². The summed E-state index contributed by atoms with van der Waals surface area (Å²) in [5, 5.41) is 0. The van der Waals surface area contributed by atoms with Gasteiger partial charge in [-0.25, -0.2) is 19.6 Å². The highest BCUT2D eigenvalue weighted by molar-refractivity contribution is 14.1. The zero-order valence-electron chi connectivity index (χ0n) is 33.4. The molecule has 12 nitrogen and oxygen atoms in total. The molecule has 4 aromatic rings. The minimum Gasteiger partial charge on any atom is -0.465 e. The van der Waals surface area contributed by atoms with Gasteiger partial charge in [-0.2, -0.15) is 0 Å². The average molecular weight is 887 g/mol. The number of carbonyl (C=O) groups excluding carboxylic acids is 2. The molecule has 0 amide bonds. The third-order valence-corrected chi connectivity index (χ3v) is 11.7. The number of nitrogens with zero attached hydrogens (tertiary/aromatic N) is 2. The molecule has 2 N–H and O–H groups in total. The molecular formula is C42H60BIN4O8. The number of hydrogen-bond acceptors (Lipinski definition) is 10. The van der Waals surface area contributed by atoms with E-state index in [0.29, 0.717) is 24.3 Å². The molecule has 2 aromatic carbocycles. The number of rotatable bonds is 6. The Bertz CT molecular complexity index is 1980. The van der Waals surface area contributed by atoms with E-state index in [-0.39, 0.29) is 37.6 Å². The van der Waals surface area contributed by atoms with Gasteiger partial charge in [0.05, 0.1) is 79.5 Å². The van der Waals surface area contributed by atoms with Crippen molar-refractivity contribution in [2.75, 3.05) is 40.6 Å². The minimum absolute atomic E-state index is 0. The van der Waals surface area contributed by atoms with Crippen molar-refractivity contribution in [1.29, 1.82) is 0 Å². The van der Waals surface area contributed by atoms with Crippen LogP contribution in [0.3, 0.4) is 0 Å². The molecule has 306 valence electrons. The molecule has 0 unspecified atom stereocenters. The van der Waals surface area contributed by atoms with Crippen LogP contribution < -0.4 is 5.46 Å². The van der Waals surface area contributed by atoms with E-state index >= 15 is 0 Å². The van der Waals surface area contributed by atoms with Crippen LogP contribution in [0.25, 0.3) is 11.3 Å². The topological polar surface area (TPSA) is 147 Å². The molecule has 56 heavy (non-hydrogen) atoms. The van der Waals surface area contributed by atoms with Crippen LogP contribution in [0.1, 0.15) is 111 Å². The number of ether oxygens (including phenoxy) is 4. The Morgan fingerprint density at radius 3 is 1.57 bits per heavy atom. The number of nitrogens with one attached hydrogen (secondary N) is 2. The van der Waals surface area contributed by atoms with Gasteiger partial charge in [0.15, 0.2) is 0 Å². The summed E-state index contributed by atoms with van der Waals surface area (Å²) in [6.45, 7) is 23.3. The maximum absolute atomic E-state index is 11.7. The molecule has 0 spiro atoms. The Morgan fingerprint density at radius 1 is 0.696 bits per heavy atom. The van der Waals surface area contributed by atoms with Gasteiger partial charge in [-0.05, 0) is 127 Å². The minimum atomic E-state index is -0.468. The predicted octanol–water partition coefficient (Wildman–Crippen LogP) is 7.73. The number of halogens is 1. The highest BCUT2D eigenvalue weighted by Crippen LogP contribution is 2.37. The highest BCUT2D eigenvalue weighted by atomic mass is 127. The fraction of sp³-hybridized carbons (Fsp3) is 0.524. The fourth-order valence-corrected chi connectivity index (χ4v) is 6.43. The Balaban J connectivity index is 0.000000230. The number of carbonyl (C=O) groups is 2. The molecule has 0 saturated carbocycles. The number of esters is 2. The number of imidazole rings is 2. The molecule has 2 aromatic heterocycles. The van der Waals surface area contributed by atoms with Crippen LogP contribution in [0.4, 0.5) is 0 Å². The van der Waals surface area contributed by atoms with Crippen molar-refractivity contribution in [2.45, 2.75) is 106 Å². The molecule has 3 aliphatic rings. The van der Waals surface area contributed by atoms with E-state index < -0.39 is 18.3 Å². The maximum atomic E-state index is 11.7. The SMILES string of the molecule is C.C.COC(=O)c1ccc(C)c(-c2nc(C3(C)COC3)[nH]c2C)c1.COC(=O)c1ccc(C)c(B2OC(C)(C)C(C)(C)O2)c1.Cc1[nH]c(C2(C)COC2)nc1I. The van der Waals surface area contributed by atoms with Crippen molar-refractivity contribution in [3.8, 4) is 11.3 Å². The Morgan fingerprint density at radius 2 is 1.14 bits per heavy atom. The Kier molecular flexibility index (Phi) is 15.0. The van der Waals surface area contributed by atoms with Crippen molar-refractivity contribution in [2.24, 2.45) is 0 Å². The summed E-state index contributed by atoms with van der Waals surface area (Å²) in [6.07, 6.45) is 0. The Labute approximate surface area is 346 Å². The van der Waals surface area contributed by atoms with Gasteiger partial charge in [-0.15, -0.1) is 0 Å². The first-order valence-electron chi connectivity index (χ1n) is 17.9. The van der Waals surface area contributed by atoms with Crippen LogP contribution in [0.15, 0.2) is 36.4 Å². The highest BCUT2D eigenvalue weighted by Gasteiger charge is 2.52. The van der Waals surface area contributed by atoms with E-state index in [9.17, 15) is 9.59 Å². The lowest BCUT2D eigenvalue weighted by atomic mass is 9.75. The Hall–Kier alpha value is -3.57. The van der Waals surface area contributed by atoms with Gasteiger partial charge >= 0.3 is 19.1 Å². The molecule has 7 rings (SSSR count). The number of aryl methyl sites for hydroxylation is 4. The molecule has 0 radical (unpaired) electrons. The summed E-state index contributed by atoms with van der Waals surface area (Å²) in [5.74, 6) is 1.31. The van der Waals surface area contributed by atoms with Gasteiger partial charge < -0.3 is 38.2 Å². The standard InChI is InChI=1S/C17H20N2O3.C15H21BO4.C8H11IN2O.2CH4/c1-10-5-6-12(15(20)21-4)7-13(10)14-11(2)18-16(19-14)17(3)8-22-9-17;1-10-7-8-11(13(17)18-6)9-12(10)16-19-14(2,3)15(4,5)20-16;1-5-6(9)11-7(10-5)8(2)3-12-4-8;;/h5-7H,8-9H2,1-4H3,(H,18,19);7-9H,1-6H3;3-4H2,1-2H3,(H,10,11);2*1H4. The van der Waals surface area contributed by atoms with Gasteiger partial charge in [0, 0.05) is 17.0 Å². The number of aromatic nitrogens is 4. The monoisotopic (exact) mass is 886 g/mol. The molecule has 0 bridgehead atoms. The van der Waals surface area contributed by atoms with Gasteiger partial charge in [-0.3, -0.25) is 0 Å². The average Bonchev–Trinajstić information content (AvgIpc) is 3.73. The van der Waals surface area contributed by atoms with Gasteiger partial charge in [-0.1, -0.05) is 32.5 Å². The summed E-state index contributed by atoms with van der Waals surface area (Å²) in [4.78, 5) is 39.3. The van der Waals surface area contributed by atoms with Crippen molar-refractivity contribution < 1.29 is 37.8 Å². The second-order valence-corrected chi connectivity index (χ2v) is 16.9. The number of H-pyrrole nitrogens is 2. The predicted molar refractivity (Wildman–Crippen MR) is 229 cm³/mol. The summed E-state index contributed by atoms with van der Waals surface area (Å²) in [5.41, 5.74) is 7.27. The third-order valence-electron chi connectivity index (χ3n) is 10.7. The van der Waals surface area contributed by atoms with Crippen LogP contribution in [-0.2, 0) is 39.1 Å². The molecule has 0 atom stereocenters. The quantitative estimate of drug-likeness (QED) is 0.112. The van der Waals surface area contributed by atoms with Crippen molar-refractivity contribution >= 4 is 47.1 Å². The first-order chi connectivity index (χ1) is 25.2. The molecule has 0 aliphatic carbocycles. The normalized spacial score (nSPS) is 17.9. The summed E-state index contributed by atoms with van der Waals surface area (Å²) in [7, 11) is 2.29. The first kappa shape index (κ1) is 46.8. The maximum Gasteiger partial charge on any atom is 0.495 e.